The average Bonchev–Trinajstić information content (AvgIpc) is 2.82. The summed E-state index contributed by atoms with van der Waals surface area (Å²) in [5.41, 5.74) is 1.06. The second kappa shape index (κ2) is 6.06. The largest absolute Gasteiger partial charge is 0.508 e. The first-order valence-corrected chi connectivity index (χ1v) is 6.27. The fourth-order valence-electron chi connectivity index (χ4n) is 1.83. The molecule has 0 spiro atoms. The molecule has 0 saturated heterocycles. The van der Waals surface area contributed by atoms with Crippen molar-refractivity contribution in [3.63, 3.8) is 0 Å². The van der Waals surface area contributed by atoms with E-state index in [4.69, 9.17) is 4.74 Å². The zero-order valence-corrected chi connectivity index (χ0v) is 11.4. The van der Waals surface area contributed by atoms with Gasteiger partial charge in [-0.2, -0.15) is 0 Å². The molecule has 0 aliphatic rings. The fraction of sp³-hybridized carbons (Fsp3) is 0.200. The lowest BCUT2D eigenvalue weighted by molar-refractivity contribution is -0.136. The van der Waals surface area contributed by atoms with Crippen LogP contribution in [-0.2, 0) is 16.6 Å². The predicted molar refractivity (Wildman–Crippen MR) is 75.8 cm³/mol. The molecule has 0 aliphatic heterocycles. The summed E-state index contributed by atoms with van der Waals surface area (Å²) >= 11 is 0. The molecule has 1 aromatic heterocycles. The minimum atomic E-state index is -0.440. The number of esters is 1. The number of phenols is 1. The van der Waals surface area contributed by atoms with E-state index in [1.165, 1.54) is 0 Å². The van der Waals surface area contributed by atoms with Gasteiger partial charge >= 0.3 is 5.97 Å². The highest BCUT2D eigenvalue weighted by Crippen LogP contribution is 2.20. The summed E-state index contributed by atoms with van der Waals surface area (Å²) in [6.07, 6.45) is 5.02. The van der Waals surface area contributed by atoms with E-state index in [1.807, 2.05) is 0 Å². The summed E-state index contributed by atoms with van der Waals surface area (Å²) in [7, 11) is 1.80. The molecule has 5 heteroatoms. The molecule has 1 aromatic carbocycles. The Morgan fingerprint density at radius 3 is 2.90 bits per heavy atom. The summed E-state index contributed by atoms with van der Waals surface area (Å²) in [5, 5.41) is 9.49. The molecule has 0 bridgehead atoms. The van der Waals surface area contributed by atoms with Crippen LogP contribution >= 0.6 is 0 Å². The second-order valence-electron chi connectivity index (χ2n) is 4.24. The topological polar surface area (TPSA) is 64.3 Å². The van der Waals surface area contributed by atoms with Gasteiger partial charge in [-0.3, -0.25) is 0 Å². The molecule has 0 saturated carbocycles. The monoisotopic (exact) mass is 272 g/mol. The maximum atomic E-state index is 12.1. The van der Waals surface area contributed by atoms with Crippen molar-refractivity contribution in [3.8, 4) is 5.75 Å². The number of aromatic hydroxyl groups is 1. The third-order valence-corrected chi connectivity index (χ3v) is 2.74. The van der Waals surface area contributed by atoms with Gasteiger partial charge in [0, 0.05) is 19.4 Å². The average molecular weight is 272 g/mol. The highest BCUT2D eigenvalue weighted by atomic mass is 16.5. The van der Waals surface area contributed by atoms with Gasteiger partial charge < -0.3 is 14.4 Å². The van der Waals surface area contributed by atoms with Crippen molar-refractivity contribution in [2.24, 2.45) is 7.05 Å². The third kappa shape index (κ3) is 3.06. The van der Waals surface area contributed by atoms with Crippen molar-refractivity contribution in [1.29, 1.82) is 0 Å². The standard InChI is InChI=1S/C15H16N2O3/c1-3-20-15(19)13(14-16-7-8-17(14)2)10-11-5-4-6-12(18)9-11/h4-10,18H,3H2,1-2H3/b13-10-. The molecule has 104 valence electrons. The fourth-order valence-corrected chi connectivity index (χ4v) is 1.83. The first kappa shape index (κ1) is 13.9. The lowest BCUT2D eigenvalue weighted by Gasteiger charge is -2.07. The van der Waals surface area contributed by atoms with Crippen LogP contribution in [0.3, 0.4) is 0 Å². The lowest BCUT2D eigenvalue weighted by Crippen LogP contribution is -2.10. The van der Waals surface area contributed by atoms with Crippen molar-refractivity contribution >= 4 is 17.6 Å². The van der Waals surface area contributed by atoms with Crippen molar-refractivity contribution in [2.75, 3.05) is 6.61 Å². The molecular formula is C15H16N2O3. The van der Waals surface area contributed by atoms with Crippen molar-refractivity contribution in [3.05, 3.63) is 48.0 Å². The Balaban J connectivity index is 2.46. The van der Waals surface area contributed by atoms with Gasteiger partial charge in [-0.15, -0.1) is 0 Å². The molecule has 2 rings (SSSR count). The Bertz CT molecular complexity index is 644. The van der Waals surface area contributed by atoms with E-state index < -0.39 is 5.97 Å². The number of aromatic nitrogens is 2. The normalized spacial score (nSPS) is 11.4. The number of imidazole rings is 1. The van der Waals surface area contributed by atoms with E-state index in [0.717, 1.165) is 0 Å². The van der Waals surface area contributed by atoms with Crippen LogP contribution in [0.2, 0.25) is 0 Å². The molecule has 0 unspecified atom stereocenters. The molecule has 0 amide bonds. The number of benzene rings is 1. The van der Waals surface area contributed by atoms with Crippen molar-refractivity contribution < 1.29 is 14.6 Å². The third-order valence-electron chi connectivity index (χ3n) is 2.74. The highest BCUT2D eigenvalue weighted by molar-refractivity contribution is 6.20. The van der Waals surface area contributed by atoms with E-state index in [2.05, 4.69) is 4.98 Å². The van der Waals surface area contributed by atoms with E-state index in [-0.39, 0.29) is 5.75 Å². The van der Waals surface area contributed by atoms with Gasteiger partial charge in [0.15, 0.2) is 0 Å². The summed E-state index contributed by atoms with van der Waals surface area (Å²) < 4.78 is 6.80. The minimum absolute atomic E-state index is 0.141. The first-order chi connectivity index (χ1) is 9.61. The van der Waals surface area contributed by atoms with Crippen LogP contribution < -0.4 is 0 Å². The zero-order chi connectivity index (χ0) is 14.5. The van der Waals surface area contributed by atoms with Gasteiger partial charge in [-0.05, 0) is 30.7 Å². The summed E-state index contributed by atoms with van der Waals surface area (Å²) in [6.45, 7) is 2.04. The van der Waals surface area contributed by atoms with Crippen LogP contribution in [0.15, 0.2) is 36.7 Å². The zero-order valence-electron chi connectivity index (χ0n) is 11.4. The molecule has 1 N–H and O–H groups in total. The molecule has 20 heavy (non-hydrogen) atoms. The van der Waals surface area contributed by atoms with Crippen LogP contribution in [0.5, 0.6) is 5.75 Å². The highest BCUT2D eigenvalue weighted by Gasteiger charge is 2.17. The number of rotatable bonds is 4. The van der Waals surface area contributed by atoms with Crippen LogP contribution in [0, 0.1) is 0 Å². The molecule has 1 heterocycles. The molecule has 2 aromatic rings. The number of carbonyl (C=O) groups excluding carboxylic acids is 1. The quantitative estimate of drug-likeness (QED) is 0.684. The van der Waals surface area contributed by atoms with Gasteiger partial charge in [0.1, 0.15) is 17.1 Å². The summed E-state index contributed by atoms with van der Waals surface area (Å²) in [4.78, 5) is 16.2. The SMILES string of the molecule is CCOC(=O)/C(=C\c1cccc(O)c1)c1nccn1C. The van der Waals surface area contributed by atoms with E-state index >= 15 is 0 Å². The van der Waals surface area contributed by atoms with Crippen LogP contribution in [0.25, 0.3) is 11.6 Å². The Morgan fingerprint density at radius 2 is 2.30 bits per heavy atom. The number of nitrogens with zero attached hydrogens (tertiary/aromatic N) is 2. The molecule has 0 radical (unpaired) electrons. The summed E-state index contributed by atoms with van der Waals surface area (Å²) in [5.74, 6) is 0.221. The maximum absolute atomic E-state index is 12.1. The Hall–Kier alpha value is -2.56. The van der Waals surface area contributed by atoms with Gasteiger partial charge in [0.25, 0.3) is 0 Å². The number of carbonyl (C=O) groups is 1. The Kier molecular flexibility index (Phi) is 4.20. The second-order valence-corrected chi connectivity index (χ2v) is 4.24. The van der Waals surface area contributed by atoms with Crippen molar-refractivity contribution in [2.45, 2.75) is 6.92 Å². The number of hydrogen-bond acceptors (Lipinski definition) is 4. The maximum Gasteiger partial charge on any atom is 0.341 e. The van der Waals surface area contributed by atoms with E-state index in [1.54, 1.807) is 61.3 Å². The number of hydrogen-bond donors (Lipinski definition) is 1. The molecule has 5 nitrogen and oxygen atoms in total. The van der Waals surface area contributed by atoms with Gasteiger partial charge in [-0.25, -0.2) is 9.78 Å². The minimum Gasteiger partial charge on any atom is -0.508 e. The van der Waals surface area contributed by atoms with Gasteiger partial charge in [0.2, 0.25) is 0 Å². The van der Waals surface area contributed by atoms with E-state index in [0.29, 0.717) is 23.6 Å². The number of phenolic OH excluding ortho intramolecular Hbond substituents is 1. The van der Waals surface area contributed by atoms with Crippen LogP contribution in [0.4, 0.5) is 0 Å². The number of aryl methyl sites for hydroxylation is 1. The van der Waals surface area contributed by atoms with E-state index in [9.17, 15) is 9.90 Å². The van der Waals surface area contributed by atoms with Gasteiger partial charge in [-0.1, -0.05) is 12.1 Å². The molecule has 0 atom stereocenters. The molecule has 0 fully saturated rings. The predicted octanol–water partition coefficient (Wildman–Crippen LogP) is 2.23. The number of ether oxygens (including phenoxy) is 1. The first-order valence-electron chi connectivity index (χ1n) is 6.27. The van der Waals surface area contributed by atoms with Crippen LogP contribution in [-0.4, -0.2) is 27.2 Å². The van der Waals surface area contributed by atoms with Crippen molar-refractivity contribution in [1.82, 2.24) is 9.55 Å². The molecule has 0 aliphatic carbocycles. The smallest absolute Gasteiger partial charge is 0.341 e. The van der Waals surface area contributed by atoms with Gasteiger partial charge in [0.05, 0.1) is 6.61 Å². The lowest BCUT2D eigenvalue weighted by atomic mass is 10.1. The Labute approximate surface area is 117 Å². The molecular weight excluding hydrogens is 256 g/mol. The summed E-state index contributed by atoms with van der Waals surface area (Å²) in [6, 6.07) is 6.65. The Morgan fingerprint density at radius 1 is 1.50 bits per heavy atom. The van der Waals surface area contributed by atoms with Crippen LogP contribution in [0.1, 0.15) is 18.3 Å².